The molecule has 0 unspecified atom stereocenters. The van der Waals surface area contributed by atoms with E-state index >= 15 is 0 Å². The van der Waals surface area contributed by atoms with Crippen molar-refractivity contribution < 1.29 is 9.90 Å². The molecule has 1 rings (SSSR count). The Balaban J connectivity index is 2.38. The van der Waals surface area contributed by atoms with Gasteiger partial charge in [0.1, 0.15) is 0 Å². The van der Waals surface area contributed by atoms with Crippen LogP contribution >= 0.6 is 12.8 Å². The van der Waals surface area contributed by atoms with E-state index in [0.717, 1.165) is 30.3 Å². The van der Waals surface area contributed by atoms with Gasteiger partial charge >= 0.3 is 6.09 Å². The van der Waals surface area contributed by atoms with Gasteiger partial charge in [-0.1, -0.05) is 6.42 Å². The van der Waals surface area contributed by atoms with Gasteiger partial charge in [-0.3, -0.25) is 0 Å². The summed E-state index contributed by atoms with van der Waals surface area (Å²) in [7, 11) is 0. The maximum Gasteiger partial charge on any atom is 0.432 e. The topological polar surface area (TPSA) is 43.8 Å². The summed E-state index contributed by atoms with van der Waals surface area (Å²) in [5.74, 6) is 0. The number of carbonyl (C=O) groups is 1. The van der Waals surface area contributed by atoms with Gasteiger partial charge in [-0.2, -0.15) is 4.41 Å². The summed E-state index contributed by atoms with van der Waals surface area (Å²) in [6.07, 6.45) is 2.31. The monoisotopic (exact) mass is 176 g/mol. The Kier molecular flexibility index (Phi) is 3.02. The summed E-state index contributed by atoms with van der Waals surface area (Å²) in [5, 5.41) is 10.3. The molecule has 1 fully saturated rings. The van der Waals surface area contributed by atoms with E-state index < -0.39 is 6.09 Å². The third-order valence-corrected chi connectivity index (χ3v) is 2.20. The largest absolute Gasteiger partial charge is 0.463 e. The minimum Gasteiger partial charge on any atom is -0.463 e. The zero-order chi connectivity index (χ0) is 8.27. The number of nitrogens with zero attached hydrogens (tertiary/aromatic N) is 2. The van der Waals surface area contributed by atoms with Crippen molar-refractivity contribution in [3.63, 3.8) is 0 Å². The molecule has 4 nitrogen and oxygen atoms in total. The fourth-order valence-electron chi connectivity index (χ4n) is 1.19. The number of piperidine rings is 1. The van der Waals surface area contributed by atoms with Crippen LogP contribution in [0, 0.1) is 0 Å². The average molecular weight is 176 g/mol. The molecule has 5 heteroatoms. The predicted octanol–water partition coefficient (Wildman–Crippen LogP) is 1.21. The zero-order valence-corrected chi connectivity index (χ0v) is 7.13. The van der Waals surface area contributed by atoms with E-state index in [4.69, 9.17) is 5.11 Å². The molecule has 11 heavy (non-hydrogen) atoms. The molecule has 0 aromatic rings. The molecule has 0 bridgehead atoms. The van der Waals surface area contributed by atoms with Crippen LogP contribution in [0.15, 0.2) is 0 Å². The van der Waals surface area contributed by atoms with Crippen molar-refractivity contribution in [3.8, 4) is 0 Å². The minimum atomic E-state index is -1.00. The van der Waals surface area contributed by atoms with Crippen molar-refractivity contribution >= 4 is 18.9 Å². The third-order valence-electron chi connectivity index (χ3n) is 1.77. The zero-order valence-electron chi connectivity index (χ0n) is 6.23. The van der Waals surface area contributed by atoms with Crippen LogP contribution < -0.4 is 0 Å². The highest BCUT2D eigenvalue weighted by Gasteiger charge is 2.18. The summed E-state index contributed by atoms with van der Waals surface area (Å²) in [5.41, 5.74) is 0. The standard InChI is InChI=1S/C6H12N2O2S/c9-6(10)8(11)7-4-2-1-3-5-7/h11H,1-5H2,(H,9,10). The quantitative estimate of drug-likeness (QED) is 0.590. The summed E-state index contributed by atoms with van der Waals surface area (Å²) in [6.45, 7) is 1.60. The van der Waals surface area contributed by atoms with E-state index in [-0.39, 0.29) is 0 Å². The van der Waals surface area contributed by atoms with Crippen LogP contribution in [0.1, 0.15) is 19.3 Å². The van der Waals surface area contributed by atoms with Crippen molar-refractivity contribution in [3.05, 3.63) is 0 Å². The molecule has 0 aromatic carbocycles. The van der Waals surface area contributed by atoms with E-state index in [1.54, 1.807) is 5.01 Å². The van der Waals surface area contributed by atoms with E-state index in [1.165, 1.54) is 6.42 Å². The van der Waals surface area contributed by atoms with Crippen LogP contribution in [-0.2, 0) is 0 Å². The van der Waals surface area contributed by atoms with E-state index in [2.05, 4.69) is 12.8 Å². The second-order valence-corrected chi connectivity index (χ2v) is 2.97. The lowest BCUT2D eigenvalue weighted by Gasteiger charge is -2.31. The summed E-state index contributed by atoms with van der Waals surface area (Å²) < 4.78 is 0.971. The fourth-order valence-corrected chi connectivity index (χ4v) is 1.37. The van der Waals surface area contributed by atoms with E-state index in [0.29, 0.717) is 0 Å². The summed E-state index contributed by atoms with van der Waals surface area (Å²) in [6, 6.07) is 0. The van der Waals surface area contributed by atoms with Crippen molar-refractivity contribution in [1.29, 1.82) is 0 Å². The highest BCUT2D eigenvalue weighted by molar-refractivity contribution is 7.78. The Morgan fingerprint density at radius 3 is 2.36 bits per heavy atom. The Bertz CT molecular complexity index is 148. The van der Waals surface area contributed by atoms with Crippen molar-refractivity contribution in [2.45, 2.75) is 19.3 Å². The average Bonchev–Trinajstić information content (AvgIpc) is 2.05. The molecule has 0 aliphatic carbocycles. The molecule has 0 saturated carbocycles. The molecule has 64 valence electrons. The van der Waals surface area contributed by atoms with Crippen LogP contribution in [0.25, 0.3) is 0 Å². The molecule has 1 aliphatic rings. The SMILES string of the molecule is O=C(O)N(S)N1CCCCC1. The number of hydrogen-bond donors (Lipinski definition) is 2. The van der Waals surface area contributed by atoms with Crippen LogP contribution in [0.4, 0.5) is 4.79 Å². The molecule has 1 saturated heterocycles. The first kappa shape index (κ1) is 8.67. The number of amides is 1. The molecule has 0 radical (unpaired) electrons. The van der Waals surface area contributed by atoms with Crippen LogP contribution in [-0.4, -0.2) is 33.7 Å². The van der Waals surface area contributed by atoms with Gasteiger partial charge < -0.3 is 5.11 Å². The number of hydrazine groups is 1. The summed E-state index contributed by atoms with van der Waals surface area (Å²) in [4.78, 5) is 10.4. The normalized spacial score (nSPS) is 19.7. The van der Waals surface area contributed by atoms with Crippen molar-refractivity contribution in [1.82, 2.24) is 9.42 Å². The van der Waals surface area contributed by atoms with E-state index in [9.17, 15) is 4.79 Å². The predicted molar refractivity (Wildman–Crippen MR) is 44.3 cm³/mol. The molecular formula is C6H12N2O2S. The molecule has 0 aromatic heterocycles. The number of thiol groups is 1. The van der Waals surface area contributed by atoms with Gasteiger partial charge in [-0.15, -0.1) is 0 Å². The van der Waals surface area contributed by atoms with E-state index in [1.807, 2.05) is 0 Å². The molecule has 1 heterocycles. The van der Waals surface area contributed by atoms with Gasteiger partial charge in [-0.25, -0.2) is 9.80 Å². The second-order valence-electron chi connectivity index (χ2n) is 2.59. The number of rotatable bonds is 1. The van der Waals surface area contributed by atoms with Crippen LogP contribution in [0.2, 0.25) is 0 Å². The molecule has 1 aliphatic heterocycles. The summed E-state index contributed by atoms with van der Waals surface area (Å²) >= 11 is 3.83. The van der Waals surface area contributed by atoms with Crippen LogP contribution in [0.3, 0.4) is 0 Å². The molecule has 0 atom stereocenters. The Hall–Kier alpha value is -0.420. The fraction of sp³-hybridized carbons (Fsp3) is 0.833. The molecular weight excluding hydrogens is 164 g/mol. The van der Waals surface area contributed by atoms with Gasteiger partial charge in [0.05, 0.1) is 0 Å². The maximum atomic E-state index is 10.4. The lowest BCUT2D eigenvalue weighted by atomic mass is 10.2. The highest BCUT2D eigenvalue weighted by atomic mass is 32.1. The maximum absolute atomic E-state index is 10.4. The first-order valence-corrected chi connectivity index (χ1v) is 4.08. The third kappa shape index (κ3) is 2.27. The molecule has 1 N–H and O–H groups in total. The first-order valence-electron chi connectivity index (χ1n) is 3.68. The van der Waals surface area contributed by atoms with Crippen molar-refractivity contribution in [2.75, 3.05) is 13.1 Å². The van der Waals surface area contributed by atoms with Crippen molar-refractivity contribution in [2.24, 2.45) is 0 Å². The first-order chi connectivity index (χ1) is 5.22. The van der Waals surface area contributed by atoms with Gasteiger partial charge in [0.25, 0.3) is 0 Å². The molecule has 1 amide bonds. The van der Waals surface area contributed by atoms with Crippen LogP contribution in [0.5, 0.6) is 0 Å². The second kappa shape index (κ2) is 3.82. The Labute approximate surface area is 71.3 Å². The minimum absolute atomic E-state index is 0.801. The van der Waals surface area contributed by atoms with Gasteiger partial charge in [-0.05, 0) is 25.7 Å². The number of hydrogen-bond acceptors (Lipinski definition) is 3. The van der Waals surface area contributed by atoms with Gasteiger partial charge in [0, 0.05) is 13.1 Å². The Morgan fingerprint density at radius 2 is 1.91 bits per heavy atom. The lowest BCUT2D eigenvalue weighted by molar-refractivity contribution is 0.0512. The smallest absolute Gasteiger partial charge is 0.432 e. The van der Waals surface area contributed by atoms with Gasteiger partial charge in [0.15, 0.2) is 0 Å². The Morgan fingerprint density at radius 1 is 1.36 bits per heavy atom. The lowest BCUT2D eigenvalue weighted by Crippen LogP contribution is -2.42. The molecule has 0 spiro atoms. The van der Waals surface area contributed by atoms with Gasteiger partial charge in [0.2, 0.25) is 0 Å². The number of carboxylic acid groups (broad SMARTS) is 1. The highest BCUT2D eigenvalue weighted by Crippen LogP contribution is 2.12.